The molecule has 0 bridgehead atoms. The van der Waals surface area contributed by atoms with Gasteiger partial charge >= 0.3 is 239 Å². The van der Waals surface area contributed by atoms with Gasteiger partial charge in [-0.3, -0.25) is 0 Å². The summed E-state index contributed by atoms with van der Waals surface area (Å²) in [5, 5.41) is 0. The van der Waals surface area contributed by atoms with E-state index in [1.807, 2.05) is 0 Å². The standard InChI is InChI=1S/4K.4O.Sb/q4*+1;;3*-1;. The Morgan fingerprint density at radius 3 is 0.778 bits per heavy atom. The van der Waals surface area contributed by atoms with Gasteiger partial charge in [0.1, 0.15) is 0 Å². The predicted molar refractivity (Wildman–Crippen MR) is 6.44 cm³/mol. The SMILES string of the molecule is [K+].[K+].[K+].[K+].[O]=[Sb]([O-])([O-])[O-]. The Bertz CT molecular complexity index is 58.7. The van der Waals surface area contributed by atoms with Gasteiger partial charge in [-0.05, 0) is 0 Å². The van der Waals surface area contributed by atoms with Crippen LogP contribution in [0, 0.1) is 0 Å². The van der Waals surface area contributed by atoms with Crippen LogP contribution in [0.4, 0.5) is 0 Å². The number of rotatable bonds is 0. The summed E-state index contributed by atoms with van der Waals surface area (Å²) in [7, 11) is 0. The fraction of sp³-hybridized carbons (Fsp3) is 0. The van der Waals surface area contributed by atoms with Crippen molar-refractivity contribution in [2.45, 2.75) is 0 Å². The van der Waals surface area contributed by atoms with Crippen LogP contribution in [-0.4, -0.2) is 20.1 Å². The van der Waals surface area contributed by atoms with Crippen molar-refractivity contribution < 1.29 is 219 Å². The summed E-state index contributed by atoms with van der Waals surface area (Å²) in [5.41, 5.74) is 0. The van der Waals surface area contributed by atoms with Gasteiger partial charge in [0.25, 0.3) is 0 Å². The zero-order valence-electron chi connectivity index (χ0n) is 6.08. The molecular formula is K4O4Sb+. The summed E-state index contributed by atoms with van der Waals surface area (Å²) < 4.78 is 34.6. The van der Waals surface area contributed by atoms with Gasteiger partial charge in [0.05, 0.1) is 0 Å². The van der Waals surface area contributed by atoms with Crippen LogP contribution in [0.2, 0.25) is 0 Å². The fourth-order valence-electron chi connectivity index (χ4n) is 0. The molecule has 0 saturated carbocycles. The minimum atomic E-state index is -6.10. The molecule has 0 aromatic rings. The second-order valence-corrected chi connectivity index (χ2v) is 3.00. The third kappa shape index (κ3) is 51.6. The quantitative estimate of drug-likeness (QED) is 0.409. The molecule has 0 atom stereocenters. The molecule has 0 amide bonds. The molecule has 32 valence electrons. The first kappa shape index (κ1) is 29.8. The van der Waals surface area contributed by atoms with E-state index in [-0.39, 0.29) is 206 Å². The Hall–Kier alpha value is 7.04. The molecule has 0 unspecified atom stereocenters. The molecule has 0 saturated heterocycles. The van der Waals surface area contributed by atoms with Crippen LogP contribution in [0.5, 0.6) is 0 Å². The summed E-state index contributed by atoms with van der Waals surface area (Å²) >= 11 is -6.10. The van der Waals surface area contributed by atoms with E-state index in [1.54, 1.807) is 0 Å². The Morgan fingerprint density at radius 1 is 0.778 bits per heavy atom. The van der Waals surface area contributed by atoms with Gasteiger partial charge in [-0.2, -0.15) is 0 Å². The second kappa shape index (κ2) is 17.4. The van der Waals surface area contributed by atoms with Crippen molar-refractivity contribution >= 4 is 20.1 Å². The number of hydrogen-bond acceptors (Lipinski definition) is 4. The van der Waals surface area contributed by atoms with Gasteiger partial charge in [0, 0.05) is 0 Å². The van der Waals surface area contributed by atoms with E-state index in [2.05, 4.69) is 0 Å². The van der Waals surface area contributed by atoms with Crippen molar-refractivity contribution in [3.05, 3.63) is 0 Å². The molecular weight excluding hydrogens is 342 g/mol. The van der Waals surface area contributed by atoms with E-state index < -0.39 is 20.1 Å². The molecule has 0 rings (SSSR count). The van der Waals surface area contributed by atoms with Gasteiger partial charge in [0.2, 0.25) is 0 Å². The summed E-state index contributed by atoms with van der Waals surface area (Å²) in [6.45, 7) is 0. The van der Waals surface area contributed by atoms with Gasteiger partial charge in [-0.25, -0.2) is 0 Å². The Kier molecular flexibility index (Phi) is 57.7. The minimum absolute atomic E-state index is 0. The maximum atomic E-state index is 8.64. The van der Waals surface area contributed by atoms with Gasteiger partial charge < -0.3 is 0 Å². The molecule has 0 spiro atoms. The van der Waals surface area contributed by atoms with E-state index in [0.717, 1.165) is 0 Å². The summed E-state index contributed by atoms with van der Waals surface area (Å²) in [6.07, 6.45) is 0. The summed E-state index contributed by atoms with van der Waals surface area (Å²) in [4.78, 5) is 0. The zero-order chi connectivity index (χ0) is 4.50. The zero-order valence-corrected chi connectivity index (χ0v) is 21.1. The molecule has 0 N–H and O–H groups in total. The molecule has 0 fully saturated rings. The predicted octanol–water partition coefficient (Wildman–Crippen LogP) is -16.1. The third-order valence-electron chi connectivity index (χ3n) is 0. The fourth-order valence-corrected chi connectivity index (χ4v) is 0. The molecule has 4 nitrogen and oxygen atoms in total. The Morgan fingerprint density at radius 2 is 0.778 bits per heavy atom. The first-order valence-electron chi connectivity index (χ1n) is 0.730. The van der Waals surface area contributed by atoms with Crippen LogP contribution in [0.3, 0.4) is 0 Å². The second-order valence-electron chi connectivity index (χ2n) is 0.447. The molecule has 0 aliphatic rings. The van der Waals surface area contributed by atoms with Crippen molar-refractivity contribution in [1.82, 2.24) is 0 Å². The normalized spacial score (nSPS) is 6.56. The molecule has 9 heteroatoms. The molecule has 0 aliphatic heterocycles. The average molecular weight is 342 g/mol. The maximum absolute atomic E-state index is 8.64. The molecule has 0 aromatic carbocycles. The van der Waals surface area contributed by atoms with E-state index in [0.29, 0.717) is 0 Å². The summed E-state index contributed by atoms with van der Waals surface area (Å²) in [6, 6.07) is 0. The van der Waals surface area contributed by atoms with E-state index >= 15 is 0 Å². The van der Waals surface area contributed by atoms with Crippen molar-refractivity contribution in [2.75, 3.05) is 0 Å². The monoisotopic (exact) mass is 341 g/mol. The Balaban J connectivity index is -0.0000000133. The van der Waals surface area contributed by atoms with Crippen molar-refractivity contribution in [2.24, 2.45) is 0 Å². The Labute approximate surface area is 229 Å². The van der Waals surface area contributed by atoms with Crippen LogP contribution in [0.15, 0.2) is 0 Å². The first-order chi connectivity index (χ1) is 2.00. The van der Waals surface area contributed by atoms with E-state index in [4.69, 9.17) is 13.2 Å². The van der Waals surface area contributed by atoms with Crippen molar-refractivity contribution in [1.29, 1.82) is 0 Å². The van der Waals surface area contributed by atoms with Crippen LogP contribution >= 0.6 is 0 Å². The average Bonchev–Trinajstić information content (AvgIpc) is 0.722. The van der Waals surface area contributed by atoms with Crippen LogP contribution in [0.25, 0.3) is 0 Å². The van der Waals surface area contributed by atoms with Gasteiger partial charge in [-0.1, -0.05) is 0 Å². The summed E-state index contributed by atoms with van der Waals surface area (Å²) in [5.74, 6) is 0. The molecule has 0 radical (unpaired) electrons. The number of hydrogen-bond donors (Lipinski definition) is 0. The first-order valence-corrected chi connectivity index (χ1v) is 4.90. The topological polar surface area (TPSA) is 86.2 Å². The van der Waals surface area contributed by atoms with Gasteiger partial charge in [0.15, 0.2) is 0 Å². The van der Waals surface area contributed by atoms with Crippen LogP contribution in [0.1, 0.15) is 0 Å². The van der Waals surface area contributed by atoms with Gasteiger partial charge in [-0.15, -0.1) is 0 Å². The van der Waals surface area contributed by atoms with Crippen molar-refractivity contribution in [3.8, 4) is 0 Å². The van der Waals surface area contributed by atoms with E-state index in [9.17, 15) is 0 Å². The molecule has 0 heterocycles. The molecule has 0 aliphatic carbocycles. The molecule has 9 heavy (non-hydrogen) atoms. The van der Waals surface area contributed by atoms with Crippen LogP contribution < -0.4 is 216 Å². The van der Waals surface area contributed by atoms with Crippen molar-refractivity contribution in [3.63, 3.8) is 0 Å². The van der Waals surface area contributed by atoms with Crippen LogP contribution in [-0.2, 0) is 3.02 Å². The van der Waals surface area contributed by atoms with E-state index in [1.165, 1.54) is 0 Å². The third-order valence-corrected chi connectivity index (χ3v) is 0. The molecule has 0 aromatic heterocycles.